The molecular weight excluding hydrogens is 420 g/mol. The Morgan fingerprint density at radius 3 is 2.21 bits per heavy atom. The molecule has 0 radical (unpaired) electrons. The molecule has 1 aliphatic heterocycles. The van der Waals surface area contributed by atoms with Crippen molar-refractivity contribution in [3.63, 3.8) is 0 Å². The van der Waals surface area contributed by atoms with Gasteiger partial charge in [0.05, 0.1) is 5.60 Å². The molecule has 3 amide bonds. The summed E-state index contributed by atoms with van der Waals surface area (Å²) in [7, 11) is 0. The van der Waals surface area contributed by atoms with E-state index in [9.17, 15) is 19.2 Å². The van der Waals surface area contributed by atoms with Crippen LogP contribution in [0.2, 0.25) is 0 Å². The molecule has 1 fully saturated rings. The van der Waals surface area contributed by atoms with Crippen LogP contribution in [0.25, 0.3) is 0 Å². The fourth-order valence-corrected chi connectivity index (χ4v) is 4.28. The first kappa shape index (κ1) is 29.3. The lowest BCUT2D eigenvalue weighted by molar-refractivity contribution is -0.140. The molecule has 1 heterocycles. The number of hydrogen-bond donors (Lipinski definition) is 1. The van der Waals surface area contributed by atoms with Crippen LogP contribution in [0.4, 0.5) is 0 Å². The molecule has 1 N–H and O–H groups in total. The largest absolute Gasteiger partial charge is 0.375 e. The molecule has 33 heavy (non-hydrogen) atoms. The molecule has 0 aromatic carbocycles. The van der Waals surface area contributed by atoms with Crippen LogP contribution in [0, 0.1) is 23.2 Å². The summed E-state index contributed by atoms with van der Waals surface area (Å²) in [5.74, 6) is -0.403. The van der Waals surface area contributed by atoms with Crippen LogP contribution in [0.3, 0.4) is 0 Å². The summed E-state index contributed by atoms with van der Waals surface area (Å²) in [4.78, 5) is 50.6. The fourth-order valence-electron chi connectivity index (χ4n) is 4.28. The Balaban J connectivity index is 2.45. The Kier molecular flexibility index (Phi) is 11.2. The Hall–Kier alpha value is -1.76. The molecule has 7 heteroatoms. The van der Waals surface area contributed by atoms with E-state index in [0.717, 1.165) is 12.8 Å². The number of ether oxygens (including phenoxy) is 1. The second-order valence-corrected chi connectivity index (χ2v) is 10.6. The molecule has 190 valence electrons. The molecule has 0 saturated carbocycles. The van der Waals surface area contributed by atoms with E-state index in [0.29, 0.717) is 26.0 Å². The maximum absolute atomic E-state index is 12.6. The summed E-state index contributed by atoms with van der Waals surface area (Å²) in [6.07, 6.45) is 3.25. The van der Waals surface area contributed by atoms with Gasteiger partial charge >= 0.3 is 0 Å². The van der Waals surface area contributed by atoms with E-state index >= 15 is 0 Å². The Bertz CT molecular complexity index is 705. The van der Waals surface area contributed by atoms with Crippen LogP contribution >= 0.6 is 0 Å². The second-order valence-electron chi connectivity index (χ2n) is 10.6. The van der Waals surface area contributed by atoms with Crippen LogP contribution < -0.4 is 5.32 Å². The van der Waals surface area contributed by atoms with Crippen molar-refractivity contribution in [2.75, 3.05) is 19.7 Å². The normalized spacial score (nSPS) is 20.3. The summed E-state index contributed by atoms with van der Waals surface area (Å²) in [6, 6.07) is 0. The minimum absolute atomic E-state index is 0.00475. The molecule has 0 aromatic heterocycles. The number of hydrogen-bond acceptors (Lipinski definition) is 5. The second kappa shape index (κ2) is 12.6. The number of nitrogens with zero attached hydrogens (tertiary/aromatic N) is 1. The summed E-state index contributed by atoms with van der Waals surface area (Å²) >= 11 is 0. The minimum atomic E-state index is -0.395. The van der Waals surface area contributed by atoms with Gasteiger partial charge in [0.25, 0.3) is 0 Å². The number of likely N-dealkylation sites (tertiary alicyclic amines) is 1. The molecule has 0 aliphatic carbocycles. The van der Waals surface area contributed by atoms with Crippen molar-refractivity contribution in [1.82, 2.24) is 10.2 Å². The van der Waals surface area contributed by atoms with Crippen molar-refractivity contribution in [2.45, 2.75) is 99.5 Å². The van der Waals surface area contributed by atoms with Gasteiger partial charge in [0.15, 0.2) is 0 Å². The van der Waals surface area contributed by atoms with Crippen LogP contribution in [0.1, 0.15) is 93.9 Å². The zero-order valence-electron chi connectivity index (χ0n) is 22.1. The first-order chi connectivity index (χ1) is 15.3. The highest BCUT2D eigenvalue weighted by Crippen LogP contribution is 2.31. The zero-order chi connectivity index (χ0) is 25.4. The number of carbonyl (C=O) groups is 4. The SMILES string of the molecule is CCC(C)(CCNC(=O)CCN1C(=O)CC(C(C)C)C1=O)OCCC(C)(CC)C(=O)C(C)C. The molecule has 0 aromatic rings. The summed E-state index contributed by atoms with van der Waals surface area (Å²) in [5, 5.41) is 2.89. The highest BCUT2D eigenvalue weighted by Gasteiger charge is 2.40. The lowest BCUT2D eigenvalue weighted by Crippen LogP contribution is -2.38. The van der Waals surface area contributed by atoms with Crippen LogP contribution in [-0.4, -0.2) is 53.7 Å². The predicted octanol–water partition coefficient (Wildman–Crippen LogP) is 4.13. The monoisotopic (exact) mass is 466 g/mol. The van der Waals surface area contributed by atoms with Crippen molar-refractivity contribution < 1.29 is 23.9 Å². The van der Waals surface area contributed by atoms with Gasteiger partial charge in [-0.2, -0.15) is 0 Å². The molecule has 3 unspecified atom stereocenters. The van der Waals surface area contributed by atoms with Gasteiger partial charge in [-0.1, -0.05) is 48.5 Å². The third-order valence-electron chi connectivity index (χ3n) is 7.37. The average Bonchev–Trinajstić information content (AvgIpc) is 3.05. The Morgan fingerprint density at radius 2 is 1.73 bits per heavy atom. The van der Waals surface area contributed by atoms with Gasteiger partial charge in [-0.05, 0) is 38.5 Å². The Labute approximate surface area is 200 Å². The van der Waals surface area contributed by atoms with Crippen molar-refractivity contribution in [3.8, 4) is 0 Å². The lowest BCUT2D eigenvalue weighted by atomic mass is 9.76. The van der Waals surface area contributed by atoms with E-state index in [2.05, 4.69) is 12.2 Å². The van der Waals surface area contributed by atoms with E-state index in [1.807, 2.05) is 48.5 Å². The van der Waals surface area contributed by atoms with Gasteiger partial charge < -0.3 is 10.1 Å². The highest BCUT2D eigenvalue weighted by atomic mass is 16.5. The van der Waals surface area contributed by atoms with Crippen molar-refractivity contribution in [3.05, 3.63) is 0 Å². The quantitative estimate of drug-likeness (QED) is 0.366. The van der Waals surface area contributed by atoms with Gasteiger partial charge in [-0.25, -0.2) is 0 Å². The predicted molar refractivity (Wildman–Crippen MR) is 129 cm³/mol. The molecule has 1 saturated heterocycles. The van der Waals surface area contributed by atoms with E-state index in [1.165, 1.54) is 4.90 Å². The summed E-state index contributed by atoms with van der Waals surface area (Å²) < 4.78 is 6.19. The number of Topliss-reactive ketones (excluding diaryl/α,β-unsaturated/α-hetero) is 1. The topological polar surface area (TPSA) is 92.8 Å². The number of amides is 3. The molecule has 0 bridgehead atoms. The maximum Gasteiger partial charge on any atom is 0.233 e. The van der Waals surface area contributed by atoms with Crippen LogP contribution in [0.5, 0.6) is 0 Å². The molecular formula is C26H46N2O5. The van der Waals surface area contributed by atoms with Gasteiger partial charge in [0.1, 0.15) is 5.78 Å². The van der Waals surface area contributed by atoms with Gasteiger partial charge in [-0.15, -0.1) is 0 Å². The van der Waals surface area contributed by atoms with E-state index in [-0.39, 0.29) is 66.1 Å². The molecule has 1 rings (SSSR count). The smallest absolute Gasteiger partial charge is 0.233 e. The average molecular weight is 467 g/mol. The molecule has 0 spiro atoms. The minimum Gasteiger partial charge on any atom is -0.375 e. The molecule has 7 nitrogen and oxygen atoms in total. The summed E-state index contributed by atoms with van der Waals surface area (Å²) in [6.45, 7) is 17.0. The number of nitrogens with one attached hydrogen (secondary N) is 1. The zero-order valence-corrected chi connectivity index (χ0v) is 22.1. The van der Waals surface area contributed by atoms with Crippen molar-refractivity contribution >= 4 is 23.5 Å². The number of carbonyl (C=O) groups excluding carboxylic acids is 4. The molecule has 1 aliphatic rings. The van der Waals surface area contributed by atoms with Crippen molar-refractivity contribution in [2.24, 2.45) is 23.2 Å². The standard InChI is InChI=1S/C26H46N2O5/c1-9-25(7,23(31)19(5)6)13-16-33-26(8,10-2)12-14-27-21(29)11-15-28-22(30)17-20(18(3)4)24(28)32/h18-20H,9-17H2,1-8H3,(H,27,29). The maximum atomic E-state index is 12.6. The van der Waals surface area contributed by atoms with Crippen molar-refractivity contribution in [1.29, 1.82) is 0 Å². The van der Waals surface area contributed by atoms with Crippen LogP contribution in [-0.2, 0) is 23.9 Å². The van der Waals surface area contributed by atoms with Gasteiger partial charge in [0, 0.05) is 49.8 Å². The lowest BCUT2D eigenvalue weighted by Gasteiger charge is -2.33. The third-order valence-corrected chi connectivity index (χ3v) is 7.37. The first-order valence-corrected chi connectivity index (χ1v) is 12.6. The van der Waals surface area contributed by atoms with Gasteiger partial charge in [-0.3, -0.25) is 24.1 Å². The first-order valence-electron chi connectivity index (χ1n) is 12.6. The number of ketones is 1. The third kappa shape index (κ3) is 8.20. The van der Waals surface area contributed by atoms with Gasteiger partial charge in [0.2, 0.25) is 17.7 Å². The Morgan fingerprint density at radius 1 is 1.09 bits per heavy atom. The number of rotatable bonds is 15. The van der Waals surface area contributed by atoms with E-state index in [4.69, 9.17) is 4.74 Å². The number of imide groups is 1. The van der Waals surface area contributed by atoms with Crippen LogP contribution in [0.15, 0.2) is 0 Å². The summed E-state index contributed by atoms with van der Waals surface area (Å²) in [5.41, 5.74) is -0.774. The molecule has 3 atom stereocenters. The fraction of sp³-hybridized carbons (Fsp3) is 0.846. The highest BCUT2D eigenvalue weighted by molar-refractivity contribution is 6.03. The van der Waals surface area contributed by atoms with E-state index < -0.39 is 5.60 Å². The van der Waals surface area contributed by atoms with E-state index in [1.54, 1.807) is 0 Å².